The maximum atomic E-state index is 12.7. The third-order valence-corrected chi connectivity index (χ3v) is 6.59. The summed E-state index contributed by atoms with van der Waals surface area (Å²) in [4.78, 5) is 24.2. The summed E-state index contributed by atoms with van der Waals surface area (Å²) < 4.78 is 5.28. The molecule has 1 aliphatic heterocycles. The fourth-order valence-electron chi connectivity index (χ4n) is 4.91. The van der Waals surface area contributed by atoms with E-state index >= 15 is 0 Å². The highest BCUT2D eigenvalue weighted by atomic mass is 16.5. The Labute approximate surface area is 184 Å². The van der Waals surface area contributed by atoms with Crippen molar-refractivity contribution >= 4 is 22.8 Å². The second-order valence-corrected chi connectivity index (χ2v) is 8.89. The molecule has 1 aromatic heterocycles. The molecule has 1 aliphatic carbocycles. The van der Waals surface area contributed by atoms with Crippen molar-refractivity contribution in [3.63, 3.8) is 0 Å². The molecule has 31 heavy (non-hydrogen) atoms. The molecule has 1 saturated heterocycles. The van der Waals surface area contributed by atoms with Gasteiger partial charge in [-0.05, 0) is 50.8 Å². The number of carbonyl (C=O) groups is 1. The van der Waals surface area contributed by atoms with Crippen LogP contribution in [0.2, 0.25) is 0 Å². The van der Waals surface area contributed by atoms with Crippen LogP contribution in [0.15, 0.2) is 18.2 Å². The van der Waals surface area contributed by atoms with Gasteiger partial charge >= 0.3 is 5.97 Å². The number of nitrogens with zero attached hydrogens (tertiary/aromatic N) is 3. The quantitative estimate of drug-likeness (QED) is 0.686. The van der Waals surface area contributed by atoms with Crippen LogP contribution >= 0.6 is 0 Å². The number of aromatic nitrogens is 2. The number of hydrogen-bond donors (Lipinski definition) is 2. The molecule has 0 amide bonds. The van der Waals surface area contributed by atoms with E-state index in [1.54, 1.807) is 6.92 Å². The van der Waals surface area contributed by atoms with Gasteiger partial charge in [-0.1, -0.05) is 25.3 Å². The van der Waals surface area contributed by atoms with E-state index in [9.17, 15) is 9.90 Å². The van der Waals surface area contributed by atoms with Crippen LogP contribution in [0.4, 0.5) is 5.82 Å². The summed E-state index contributed by atoms with van der Waals surface area (Å²) in [6.45, 7) is 5.59. The zero-order valence-corrected chi connectivity index (χ0v) is 18.6. The van der Waals surface area contributed by atoms with Crippen molar-refractivity contribution in [3.8, 4) is 0 Å². The molecule has 1 aromatic carbocycles. The fraction of sp³-hybridized carbons (Fsp3) is 0.625. The number of nitrogens with one attached hydrogen (secondary N) is 1. The van der Waals surface area contributed by atoms with Gasteiger partial charge in [0.15, 0.2) is 11.5 Å². The van der Waals surface area contributed by atoms with Gasteiger partial charge in [0.1, 0.15) is 0 Å². The first-order chi connectivity index (χ1) is 15.1. The highest BCUT2D eigenvalue weighted by Gasteiger charge is 2.33. The number of ether oxygens (including phenoxy) is 1. The number of rotatable bonds is 6. The molecular weight excluding hydrogens is 392 g/mol. The lowest BCUT2D eigenvalue weighted by atomic mass is 9.89. The van der Waals surface area contributed by atoms with Gasteiger partial charge in [0, 0.05) is 37.7 Å². The van der Waals surface area contributed by atoms with Gasteiger partial charge in [-0.25, -0.2) is 14.8 Å². The van der Waals surface area contributed by atoms with E-state index in [-0.39, 0.29) is 24.3 Å². The molecule has 7 heteroatoms. The summed E-state index contributed by atoms with van der Waals surface area (Å²) in [6.07, 6.45) is 7.25. The standard InChI is InChI=1S/C24H34N4O3/c1-3-31-24(30)22-23(27-20-10-9-16(2)13-21(20)26-22)28-12-11-19(17(14-28)15-29)25-18-7-5-4-6-8-18/h9-10,13,17-19,25,29H,3-8,11-12,14-15H2,1-2H3. The predicted octanol–water partition coefficient (Wildman–Crippen LogP) is 3.22. The van der Waals surface area contributed by atoms with E-state index in [1.807, 2.05) is 25.1 Å². The molecule has 4 rings (SSSR count). The van der Waals surface area contributed by atoms with Crippen LogP contribution in [-0.2, 0) is 4.74 Å². The summed E-state index contributed by atoms with van der Waals surface area (Å²) in [6, 6.07) is 6.72. The van der Waals surface area contributed by atoms with Gasteiger partial charge in [0.05, 0.1) is 17.6 Å². The Morgan fingerprint density at radius 2 is 2.00 bits per heavy atom. The van der Waals surface area contributed by atoms with Crippen LogP contribution in [0.25, 0.3) is 11.0 Å². The number of benzene rings is 1. The molecule has 0 spiro atoms. The van der Waals surface area contributed by atoms with E-state index < -0.39 is 5.97 Å². The number of aliphatic hydroxyl groups is 1. The van der Waals surface area contributed by atoms with E-state index in [2.05, 4.69) is 15.2 Å². The SMILES string of the molecule is CCOC(=O)c1nc2cc(C)ccc2nc1N1CCC(NC2CCCCC2)C(CO)C1. The molecule has 2 unspecified atom stereocenters. The van der Waals surface area contributed by atoms with Crippen molar-refractivity contribution in [1.82, 2.24) is 15.3 Å². The summed E-state index contributed by atoms with van der Waals surface area (Å²) in [5.74, 6) is 0.196. The number of hydrogen-bond acceptors (Lipinski definition) is 7. The van der Waals surface area contributed by atoms with Crippen LogP contribution in [0.1, 0.15) is 61.5 Å². The van der Waals surface area contributed by atoms with Crippen LogP contribution in [-0.4, -0.2) is 59.4 Å². The average Bonchev–Trinajstić information content (AvgIpc) is 2.79. The van der Waals surface area contributed by atoms with Crippen molar-refractivity contribution in [2.24, 2.45) is 5.92 Å². The fourth-order valence-corrected chi connectivity index (χ4v) is 4.91. The molecule has 7 nitrogen and oxygen atoms in total. The summed E-state index contributed by atoms with van der Waals surface area (Å²) in [5, 5.41) is 13.9. The third-order valence-electron chi connectivity index (χ3n) is 6.59. The molecule has 2 aliphatic rings. The van der Waals surface area contributed by atoms with Gasteiger partial charge < -0.3 is 20.1 Å². The number of anilines is 1. The summed E-state index contributed by atoms with van der Waals surface area (Å²) in [7, 11) is 0. The molecule has 2 N–H and O–H groups in total. The first kappa shape index (κ1) is 22.0. The van der Waals surface area contributed by atoms with Gasteiger partial charge in [0.25, 0.3) is 0 Å². The molecule has 0 bridgehead atoms. The lowest BCUT2D eigenvalue weighted by molar-refractivity contribution is 0.0520. The second kappa shape index (κ2) is 9.92. The maximum Gasteiger partial charge on any atom is 0.360 e. The van der Waals surface area contributed by atoms with Crippen molar-refractivity contribution in [2.75, 3.05) is 31.2 Å². The Bertz CT molecular complexity index is 913. The molecular formula is C24H34N4O3. The highest BCUT2D eigenvalue weighted by molar-refractivity contribution is 5.95. The predicted molar refractivity (Wildman–Crippen MR) is 121 cm³/mol. The van der Waals surface area contributed by atoms with E-state index in [0.29, 0.717) is 30.5 Å². The molecule has 0 radical (unpaired) electrons. The normalized spacial score (nSPS) is 22.6. The Hall–Kier alpha value is -2.25. The monoisotopic (exact) mass is 426 g/mol. The third kappa shape index (κ3) is 4.99. The lowest BCUT2D eigenvalue weighted by Crippen LogP contribution is -2.54. The van der Waals surface area contributed by atoms with Crippen LogP contribution in [0.3, 0.4) is 0 Å². The number of piperidine rings is 1. The van der Waals surface area contributed by atoms with Gasteiger partial charge in [-0.3, -0.25) is 0 Å². The minimum Gasteiger partial charge on any atom is -0.461 e. The first-order valence-corrected chi connectivity index (χ1v) is 11.7. The van der Waals surface area contributed by atoms with Crippen molar-refractivity contribution in [2.45, 2.75) is 64.5 Å². The summed E-state index contributed by atoms with van der Waals surface area (Å²) in [5.41, 5.74) is 2.78. The Balaban J connectivity index is 1.59. The molecule has 168 valence electrons. The molecule has 2 aromatic rings. The van der Waals surface area contributed by atoms with Crippen LogP contribution < -0.4 is 10.2 Å². The van der Waals surface area contributed by atoms with Gasteiger partial charge in [0.2, 0.25) is 0 Å². The van der Waals surface area contributed by atoms with Crippen molar-refractivity contribution in [3.05, 3.63) is 29.5 Å². The number of aliphatic hydroxyl groups excluding tert-OH is 1. The topological polar surface area (TPSA) is 87.6 Å². The van der Waals surface area contributed by atoms with E-state index in [0.717, 1.165) is 24.0 Å². The number of fused-ring (bicyclic) bond motifs is 1. The van der Waals surface area contributed by atoms with Crippen molar-refractivity contribution in [1.29, 1.82) is 0 Å². The number of carbonyl (C=O) groups excluding carboxylic acids is 1. The Kier molecular flexibility index (Phi) is 7.02. The number of aryl methyl sites for hydroxylation is 1. The second-order valence-electron chi connectivity index (χ2n) is 8.89. The average molecular weight is 427 g/mol. The Morgan fingerprint density at radius 1 is 1.19 bits per heavy atom. The van der Waals surface area contributed by atoms with Crippen LogP contribution in [0, 0.1) is 12.8 Å². The molecule has 2 heterocycles. The largest absolute Gasteiger partial charge is 0.461 e. The van der Waals surface area contributed by atoms with Gasteiger partial charge in [-0.15, -0.1) is 0 Å². The first-order valence-electron chi connectivity index (χ1n) is 11.7. The zero-order chi connectivity index (χ0) is 21.8. The highest BCUT2D eigenvalue weighted by Crippen LogP contribution is 2.28. The van der Waals surface area contributed by atoms with E-state index in [1.165, 1.54) is 32.1 Å². The number of esters is 1. The minimum atomic E-state index is -0.448. The van der Waals surface area contributed by atoms with Crippen molar-refractivity contribution < 1.29 is 14.6 Å². The smallest absolute Gasteiger partial charge is 0.360 e. The Morgan fingerprint density at radius 3 is 2.74 bits per heavy atom. The maximum absolute atomic E-state index is 12.7. The van der Waals surface area contributed by atoms with E-state index in [4.69, 9.17) is 9.72 Å². The molecule has 1 saturated carbocycles. The van der Waals surface area contributed by atoms with Crippen LogP contribution in [0.5, 0.6) is 0 Å². The zero-order valence-electron chi connectivity index (χ0n) is 18.6. The minimum absolute atomic E-state index is 0.0845. The van der Waals surface area contributed by atoms with Gasteiger partial charge in [-0.2, -0.15) is 0 Å². The lowest BCUT2D eigenvalue weighted by Gasteiger charge is -2.41. The molecule has 2 atom stereocenters. The summed E-state index contributed by atoms with van der Waals surface area (Å²) >= 11 is 0. The molecule has 2 fully saturated rings.